The number of hydrogen-bond acceptors (Lipinski definition) is 2. The number of amides is 2. The van der Waals surface area contributed by atoms with Gasteiger partial charge < -0.3 is 10.6 Å². The molecule has 0 fully saturated rings. The smallest absolute Gasteiger partial charge is 0.255 e. The zero-order valence-electron chi connectivity index (χ0n) is 15.2. The maximum absolute atomic E-state index is 13.2. The molecule has 2 N–H and O–H groups in total. The predicted molar refractivity (Wildman–Crippen MR) is 104 cm³/mol. The first-order chi connectivity index (χ1) is 13.9. The fourth-order valence-corrected chi connectivity index (χ4v) is 2.68. The van der Waals surface area contributed by atoms with Gasteiger partial charge in [-0.2, -0.15) is 0 Å². The van der Waals surface area contributed by atoms with Gasteiger partial charge in [0.05, 0.1) is 0 Å². The van der Waals surface area contributed by atoms with Crippen LogP contribution in [0.2, 0.25) is 0 Å². The Bertz CT molecular complexity index is 1050. The summed E-state index contributed by atoms with van der Waals surface area (Å²) in [5.41, 5.74) is 1.51. The van der Waals surface area contributed by atoms with Gasteiger partial charge in [0.1, 0.15) is 5.82 Å². The molecule has 3 aromatic carbocycles. The molecule has 0 aliphatic carbocycles. The van der Waals surface area contributed by atoms with E-state index in [2.05, 4.69) is 10.6 Å². The molecular formula is C22H17F3N2O2. The highest BCUT2D eigenvalue weighted by Crippen LogP contribution is 2.16. The van der Waals surface area contributed by atoms with Crippen LogP contribution >= 0.6 is 0 Å². The lowest BCUT2D eigenvalue weighted by atomic mass is 10.1. The molecule has 0 aliphatic rings. The van der Waals surface area contributed by atoms with E-state index in [1.807, 2.05) is 0 Å². The van der Waals surface area contributed by atoms with Gasteiger partial charge in [-0.05, 0) is 60.5 Å². The van der Waals surface area contributed by atoms with Gasteiger partial charge in [0.2, 0.25) is 5.91 Å². The third-order valence-corrected chi connectivity index (χ3v) is 4.12. The van der Waals surface area contributed by atoms with Gasteiger partial charge >= 0.3 is 0 Å². The number of carbonyl (C=O) groups excluding carboxylic acids is 2. The Morgan fingerprint density at radius 1 is 0.759 bits per heavy atom. The maximum Gasteiger partial charge on any atom is 0.255 e. The van der Waals surface area contributed by atoms with E-state index in [4.69, 9.17) is 0 Å². The second-order valence-corrected chi connectivity index (χ2v) is 6.34. The monoisotopic (exact) mass is 398 g/mol. The number of hydrogen-bond donors (Lipinski definition) is 2. The number of halogens is 3. The number of nitrogens with one attached hydrogen (secondary N) is 2. The van der Waals surface area contributed by atoms with Crippen molar-refractivity contribution < 1.29 is 22.8 Å². The molecule has 0 atom stereocenters. The molecule has 0 radical (unpaired) electrons. The summed E-state index contributed by atoms with van der Waals surface area (Å²) in [6, 6.07) is 15.3. The largest absolute Gasteiger partial charge is 0.326 e. The predicted octanol–water partition coefficient (Wildman–Crippen LogP) is 4.93. The number of benzene rings is 3. The summed E-state index contributed by atoms with van der Waals surface area (Å²) in [6.07, 6.45) is 0.299. The van der Waals surface area contributed by atoms with E-state index < -0.39 is 23.4 Å². The zero-order valence-corrected chi connectivity index (χ0v) is 15.2. The highest BCUT2D eigenvalue weighted by atomic mass is 19.2. The van der Waals surface area contributed by atoms with Gasteiger partial charge in [-0.25, -0.2) is 13.2 Å². The highest BCUT2D eigenvalue weighted by Gasteiger charge is 2.10. The third kappa shape index (κ3) is 5.68. The van der Waals surface area contributed by atoms with Crippen LogP contribution < -0.4 is 10.6 Å². The molecule has 0 saturated carbocycles. The Morgan fingerprint density at radius 3 is 2.21 bits per heavy atom. The number of anilines is 2. The number of carbonyl (C=O) groups is 2. The van der Waals surface area contributed by atoms with E-state index in [1.165, 1.54) is 30.3 Å². The van der Waals surface area contributed by atoms with Crippen LogP contribution in [-0.2, 0) is 11.2 Å². The Kier molecular flexibility index (Phi) is 6.29. The van der Waals surface area contributed by atoms with Crippen molar-refractivity contribution in [2.75, 3.05) is 10.6 Å². The van der Waals surface area contributed by atoms with E-state index in [0.717, 1.165) is 12.1 Å². The Labute approximate surface area is 165 Å². The molecule has 0 aliphatic heterocycles. The van der Waals surface area contributed by atoms with Gasteiger partial charge in [0.25, 0.3) is 5.91 Å². The first-order valence-electron chi connectivity index (χ1n) is 8.81. The normalized spacial score (nSPS) is 10.4. The molecule has 0 saturated heterocycles. The van der Waals surface area contributed by atoms with Crippen LogP contribution in [-0.4, -0.2) is 11.8 Å². The Balaban J connectivity index is 1.59. The second-order valence-electron chi connectivity index (χ2n) is 6.34. The molecule has 0 heterocycles. The highest BCUT2D eigenvalue weighted by molar-refractivity contribution is 6.05. The van der Waals surface area contributed by atoms with E-state index in [9.17, 15) is 22.8 Å². The minimum atomic E-state index is -0.958. The van der Waals surface area contributed by atoms with Crippen molar-refractivity contribution in [3.8, 4) is 0 Å². The summed E-state index contributed by atoms with van der Waals surface area (Å²) >= 11 is 0. The van der Waals surface area contributed by atoms with Crippen molar-refractivity contribution >= 4 is 23.2 Å². The van der Waals surface area contributed by atoms with Crippen LogP contribution in [0.15, 0.2) is 66.7 Å². The van der Waals surface area contributed by atoms with Crippen LogP contribution in [0.3, 0.4) is 0 Å². The quantitative estimate of drug-likeness (QED) is 0.619. The Hall–Kier alpha value is -3.61. The summed E-state index contributed by atoms with van der Waals surface area (Å²) in [6.45, 7) is 0. The van der Waals surface area contributed by atoms with Crippen LogP contribution in [0.5, 0.6) is 0 Å². The summed E-state index contributed by atoms with van der Waals surface area (Å²) in [5, 5.41) is 5.24. The minimum Gasteiger partial charge on any atom is -0.326 e. The van der Waals surface area contributed by atoms with Crippen molar-refractivity contribution in [1.82, 2.24) is 0 Å². The maximum atomic E-state index is 13.2. The summed E-state index contributed by atoms with van der Waals surface area (Å²) < 4.78 is 39.4. The van der Waals surface area contributed by atoms with Crippen molar-refractivity contribution in [3.63, 3.8) is 0 Å². The minimum absolute atomic E-state index is 0.0603. The average molecular weight is 398 g/mol. The number of rotatable bonds is 6. The molecule has 0 spiro atoms. The molecule has 3 rings (SSSR count). The lowest BCUT2D eigenvalue weighted by Gasteiger charge is -2.09. The van der Waals surface area contributed by atoms with E-state index in [0.29, 0.717) is 16.9 Å². The first-order valence-corrected chi connectivity index (χ1v) is 8.81. The van der Waals surface area contributed by atoms with Gasteiger partial charge in [0.15, 0.2) is 11.6 Å². The van der Waals surface area contributed by atoms with Crippen molar-refractivity contribution in [3.05, 3.63) is 95.3 Å². The second kappa shape index (κ2) is 9.05. The molecule has 29 heavy (non-hydrogen) atoms. The molecule has 148 valence electrons. The molecular weight excluding hydrogens is 381 g/mol. The molecule has 7 heteroatoms. The van der Waals surface area contributed by atoms with Crippen molar-refractivity contribution in [1.29, 1.82) is 0 Å². The van der Waals surface area contributed by atoms with Gasteiger partial charge in [-0.3, -0.25) is 9.59 Å². The molecule has 0 aromatic heterocycles. The van der Waals surface area contributed by atoms with Crippen molar-refractivity contribution in [2.24, 2.45) is 0 Å². The summed E-state index contributed by atoms with van der Waals surface area (Å²) in [4.78, 5) is 24.4. The van der Waals surface area contributed by atoms with E-state index >= 15 is 0 Å². The fraction of sp³-hybridized carbons (Fsp3) is 0.0909. The zero-order chi connectivity index (χ0) is 20.8. The SMILES string of the molecule is O=C(CCc1ccc(F)c(F)c1)Nc1cccc(C(=O)Nc2cccc(F)c2)c1. The lowest BCUT2D eigenvalue weighted by Crippen LogP contribution is -2.15. The topological polar surface area (TPSA) is 58.2 Å². The molecule has 4 nitrogen and oxygen atoms in total. The van der Waals surface area contributed by atoms with Gasteiger partial charge in [0, 0.05) is 23.4 Å². The van der Waals surface area contributed by atoms with Crippen LogP contribution in [0.25, 0.3) is 0 Å². The van der Waals surface area contributed by atoms with Crippen LogP contribution in [0, 0.1) is 17.5 Å². The summed E-state index contributed by atoms with van der Waals surface area (Å²) in [7, 11) is 0. The summed E-state index contributed by atoms with van der Waals surface area (Å²) in [5.74, 6) is -3.15. The van der Waals surface area contributed by atoms with E-state index in [-0.39, 0.29) is 24.3 Å². The molecule has 3 aromatic rings. The van der Waals surface area contributed by atoms with Crippen LogP contribution in [0.1, 0.15) is 22.3 Å². The van der Waals surface area contributed by atoms with Gasteiger partial charge in [-0.1, -0.05) is 18.2 Å². The fourth-order valence-electron chi connectivity index (χ4n) is 2.68. The third-order valence-electron chi connectivity index (χ3n) is 4.12. The van der Waals surface area contributed by atoms with Crippen LogP contribution in [0.4, 0.5) is 24.5 Å². The van der Waals surface area contributed by atoms with E-state index in [1.54, 1.807) is 24.3 Å². The molecule has 2 amide bonds. The van der Waals surface area contributed by atoms with Crippen molar-refractivity contribution in [2.45, 2.75) is 12.8 Å². The Morgan fingerprint density at radius 2 is 1.48 bits per heavy atom. The first kappa shape index (κ1) is 20.1. The molecule has 0 bridgehead atoms. The average Bonchev–Trinajstić information content (AvgIpc) is 2.69. The molecule has 0 unspecified atom stereocenters. The standard InChI is InChI=1S/C22H17F3N2O2/c23-16-4-2-6-18(13-16)27-22(29)15-3-1-5-17(12-15)26-21(28)10-8-14-7-9-19(24)20(25)11-14/h1-7,9,11-13H,8,10H2,(H,26,28)(H,27,29). The number of aryl methyl sites for hydroxylation is 1. The lowest BCUT2D eigenvalue weighted by molar-refractivity contribution is -0.116. The van der Waals surface area contributed by atoms with Gasteiger partial charge in [-0.15, -0.1) is 0 Å².